The molecule has 0 radical (unpaired) electrons. The molecule has 0 spiro atoms. The zero-order valence-electron chi connectivity index (χ0n) is 47.8. The van der Waals surface area contributed by atoms with Gasteiger partial charge in [0.05, 0.1) is 66.7 Å². The van der Waals surface area contributed by atoms with Gasteiger partial charge in [-0.25, -0.2) is 5.43 Å². The van der Waals surface area contributed by atoms with Gasteiger partial charge in [-0.1, -0.05) is 45.6 Å². The number of phenolic OH excluding ortho intramolecular Hbond substituents is 2. The molecule has 3 aromatic rings. The number of phenols is 2. The molecule has 18 heteroatoms. The molecule has 5 heterocycles. The van der Waals surface area contributed by atoms with Crippen molar-refractivity contribution in [3.05, 3.63) is 143 Å². The SMILES string of the molecule is C=CC1=C2/C=c3\[nH]/c(c(CC)c3C)=C\C3N=C4C(=C3C)C(=O)C(C(=O)OC)C4=C3N/C(=C\C(=C1C)C2)[C@H](C)[C@@H]3CCC(=O)N/N=C(\C)[C@@]1(O)Cc2c(O)c3c(c(O)c2[C@H](O[C@@H]2C[C@H](C)[C@H](O)[C@H](C)O2)C1)C(=O)c1c(OC)cccc1C3=O. The van der Waals surface area contributed by atoms with Crippen LogP contribution in [0.4, 0.5) is 0 Å². The number of carbonyl (C=O) groups excluding carboxylic acids is 5. The van der Waals surface area contributed by atoms with Crippen LogP contribution in [-0.2, 0) is 41.4 Å². The van der Waals surface area contributed by atoms with E-state index in [-0.39, 0.29) is 71.2 Å². The van der Waals surface area contributed by atoms with E-state index in [4.69, 9.17) is 23.9 Å². The minimum Gasteiger partial charge on any atom is -0.507 e. The Labute approximate surface area is 474 Å². The quantitative estimate of drug-likeness (QED) is 0.0290. The molecule has 4 aliphatic heterocycles. The summed E-state index contributed by atoms with van der Waals surface area (Å²) in [6.07, 6.45) is 5.48. The number of esters is 1. The van der Waals surface area contributed by atoms with Gasteiger partial charge in [0.15, 0.2) is 17.9 Å². The van der Waals surface area contributed by atoms with Crippen LogP contribution < -0.4 is 26.2 Å². The number of carbonyl (C=O) groups is 5. The number of methoxy groups -OCH3 is 2. The van der Waals surface area contributed by atoms with E-state index >= 15 is 0 Å². The maximum Gasteiger partial charge on any atom is 0.321 e. The van der Waals surface area contributed by atoms with E-state index < -0.39 is 106 Å². The number of Topliss-reactive ketones (excluding diaryl/α,β-unsaturated/α-hetero) is 1. The number of nitrogens with zero attached hydrogens (tertiary/aromatic N) is 2. The second kappa shape index (κ2) is 20.9. The molecule has 10 atom stereocenters. The molecule has 2 aromatic carbocycles. The number of rotatable bonds is 11. The van der Waals surface area contributed by atoms with Gasteiger partial charge in [-0.15, -0.1) is 0 Å². The average molecular weight is 1120 g/mol. The fraction of sp³-hybridized carbons (Fsp3) is 0.422. The van der Waals surface area contributed by atoms with E-state index in [0.29, 0.717) is 34.5 Å². The molecule has 7 N–H and O–H groups in total. The molecule has 11 rings (SSSR count). The van der Waals surface area contributed by atoms with Gasteiger partial charge >= 0.3 is 5.97 Å². The van der Waals surface area contributed by atoms with Crippen molar-refractivity contribution in [1.82, 2.24) is 15.7 Å². The second-order valence-electron chi connectivity index (χ2n) is 23.1. The number of benzene rings is 2. The van der Waals surface area contributed by atoms with Crippen LogP contribution in [0, 0.1) is 30.6 Å². The first-order valence-corrected chi connectivity index (χ1v) is 28.1. The van der Waals surface area contributed by atoms with Crippen molar-refractivity contribution in [2.75, 3.05) is 14.2 Å². The Kier molecular flexibility index (Phi) is 14.3. The predicted molar refractivity (Wildman–Crippen MR) is 304 cm³/mol. The number of amides is 1. The number of aliphatic imine (C=N–C) groups is 1. The van der Waals surface area contributed by atoms with Crippen LogP contribution in [0.1, 0.15) is 141 Å². The molecule has 2 saturated heterocycles. The predicted octanol–water partition coefficient (Wildman–Crippen LogP) is 6.20. The standard InChI is InChI=1S/C64H69N5O13/c1-12-35-27(4)33-20-34(35)22-40-28(5)36(13-2)43(65-40)23-42-30(7)48-56(67-42)51(54(60(48)74)63(77)80-11)55-37(29(6)41(21-33)66-55)17-18-46(70)69-68-32(9)64(78)24-39-50(45(25-64)82-47-19-26(3)57(71)31(8)81-47)62(76)53-52(59(39)73)58(72)38-15-14-16-44(79-10)49(38)61(53)75/h12,14-16,21-23,26,29,31,37,42,45,47,54,57,65-66,71,73,76,78H,1,13,17-20,24-25H2,2-11H3,(H,69,70)/b40-22-,41-21-,43-23-,55-51?,68-32+/t26-,29+,31-,37-,42?,45+,47+,54?,57-,64+/m0/s1. The fourth-order valence-electron chi connectivity index (χ4n) is 13.8. The summed E-state index contributed by atoms with van der Waals surface area (Å²) in [7, 11) is 2.60. The Hall–Kier alpha value is -7.77. The molecule has 1 saturated carbocycles. The summed E-state index contributed by atoms with van der Waals surface area (Å²) >= 11 is 0. The first-order chi connectivity index (χ1) is 39.0. The number of ether oxygens (including phenoxy) is 4. The molecule has 8 bridgehead atoms. The van der Waals surface area contributed by atoms with Crippen LogP contribution >= 0.6 is 0 Å². The molecule has 18 nitrogen and oxygen atoms in total. The molecule has 1 amide bonds. The van der Waals surface area contributed by atoms with Crippen molar-refractivity contribution >= 4 is 52.8 Å². The number of nitrogens with one attached hydrogen (secondary N) is 3. The normalized spacial score (nSPS) is 29.7. The first-order valence-electron chi connectivity index (χ1n) is 28.1. The van der Waals surface area contributed by atoms with E-state index in [1.807, 2.05) is 32.9 Å². The highest BCUT2D eigenvalue weighted by molar-refractivity contribution is 6.42. The van der Waals surface area contributed by atoms with E-state index in [2.05, 4.69) is 60.3 Å². The molecule has 3 fully saturated rings. The topological polar surface area (TPSA) is 268 Å². The number of ketones is 3. The zero-order chi connectivity index (χ0) is 58.7. The minimum atomic E-state index is -2.00. The Balaban J connectivity index is 0.938. The van der Waals surface area contributed by atoms with Crippen LogP contribution in [-0.4, -0.2) is 110 Å². The Morgan fingerprint density at radius 2 is 1.76 bits per heavy atom. The summed E-state index contributed by atoms with van der Waals surface area (Å²) in [4.78, 5) is 80.2. The summed E-state index contributed by atoms with van der Waals surface area (Å²) in [5, 5.41) is 57.8. The average Bonchev–Trinajstić information content (AvgIpc) is 2.27. The van der Waals surface area contributed by atoms with Crippen molar-refractivity contribution in [2.24, 2.45) is 33.8 Å². The number of aromatic nitrogens is 1. The zero-order valence-corrected chi connectivity index (χ0v) is 47.8. The molecule has 2 unspecified atom stereocenters. The summed E-state index contributed by atoms with van der Waals surface area (Å²) in [5.74, 6) is -6.61. The molecule has 4 aliphatic carbocycles. The van der Waals surface area contributed by atoms with Gasteiger partial charge in [0.1, 0.15) is 28.8 Å². The van der Waals surface area contributed by atoms with Crippen molar-refractivity contribution in [3.63, 3.8) is 0 Å². The molecular formula is C64H69N5O13. The largest absolute Gasteiger partial charge is 0.507 e. The van der Waals surface area contributed by atoms with Crippen molar-refractivity contribution in [3.8, 4) is 17.2 Å². The second-order valence-corrected chi connectivity index (χ2v) is 23.1. The third-order valence-corrected chi connectivity index (χ3v) is 18.6. The number of H-pyrrole nitrogens is 1. The third-order valence-electron chi connectivity index (χ3n) is 18.6. The van der Waals surface area contributed by atoms with Crippen molar-refractivity contribution < 1.29 is 63.3 Å². The van der Waals surface area contributed by atoms with Gasteiger partial charge in [0.25, 0.3) is 0 Å². The molecule has 1 aromatic heterocycles. The smallest absolute Gasteiger partial charge is 0.321 e. The number of aromatic hydroxyl groups is 2. The maximum absolute atomic E-state index is 14.7. The van der Waals surface area contributed by atoms with Crippen LogP contribution in [0.25, 0.3) is 12.2 Å². The highest BCUT2D eigenvalue weighted by Gasteiger charge is 2.53. The van der Waals surface area contributed by atoms with Gasteiger partial charge in [-0.3, -0.25) is 29.0 Å². The first kappa shape index (κ1) is 56.1. The van der Waals surface area contributed by atoms with Crippen molar-refractivity contribution in [2.45, 2.75) is 137 Å². The minimum absolute atomic E-state index is 0.00417. The summed E-state index contributed by atoms with van der Waals surface area (Å²) in [6.45, 7) is 19.4. The van der Waals surface area contributed by atoms with E-state index in [9.17, 15) is 44.4 Å². The lowest BCUT2D eigenvalue weighted by Crippen LogP contribution is -2.48. The summed E-state index contributed by atoms with van der Waals surface area (Å²) < 4.78 is 23.4. The molecular weight excluding hydrogens is 1050 g/mol. The van der Waals surface area contributed by atoms with Gasteiger partial charge in [-0.05, 0) is 123 Å². The molecule has 82 heavy (non-hydrogen) atoms. The van der Waals surface area contributed by atoms with Crippen LogP contribution in [0.5, 0.6) is 17.2 Å². The van der Waals surface area contributed by atoms with Crippen molar-refractivity contribution in [1.29, 1.82) is 0 Å². The van der Waals surface area contributed by atoms with Crippen LogP contribution in [0.15, 0.2) is 97.4 Å². The number of aromatic amines is 1. The lowest BCUT2D eigenvalue weighted by atomic mass is 9.71. The number of allylic oxidation sites excluding steroid dienone is 9. The monoisotopic (exact) mass is 1120 g/mol. The van der Waals surface area contributed by atoms with Gasteiger partial charge in [0, 0.05) is 87.4 Å². The third kappa shape index (κ3) is 8.79. The highest BCUT2D eigenvalue weighted by Crippen LogP contribution is 2.53. The van der Waals surface area contributed by atoms with Crippen LogP contribution in [0.2, 0.25) is 0 Å². The van der Waals surface area contributed by atoms with Gasteiger partial charge in [-0.2, -0.15) is 5.10 Å². The highest BCUT2D eigenvalue weighted by atomic mass is 16.7. The van der Waals surface area contributed by atoms with E-state index in [1.165, 1.54) is 39.3 Å². The molecule has 428 valence electrons. The number of hydrogen-bond acceptors (Lipinski definition) is 16. The lowest BCUT2D eigenvalue weighted by Gasteiger charge is -2.43. The number of fused-ring (bicyclic) bond motifs is 10. The number of aliphatic hydroxyl groups is 2. The Bertz CT molecular complexity index is 3760. The fourth-order valence-corrected chi connectivity index (χ4v) is 13.8. The summed E-state index contributed by atoms with van der Waals surface area (Å²) in [5.41, 5.74) is 9.36. The summed E-state index contributed by atoms with van der Waals surface area (Å²) in [6, 6.07) is 3.96. The van der Waals surface area contributed by atoms with Crippen LogP contribution in [0.3, 0.4) is 0 Å². The Morgan fingerprint density at radius 1 is 1.01 bits per heavy atom. The van der Waals surface area contributed by atoms with Gasteiger partial charge in [0.2, 0.25) is 11.7 Å². The van der Waals surface area contributed by atoms with E-state index in [0.717, 1.165) is 56.2 Å². The molecule has 8 aliphatic rings. The lowest BCUT2D eigenvalue weighted by molar-refractivity contribution is -0.254. The Morgan fingerprint density at radius 3 is 2.45 bits per heavy atom. The number of hydrazone groups is 1. The number of aliphatic hydroxyl groups excluding tert-OH is 1. The maximum atomic E-state index is 14.7. The number of hydrogen-bond donors (Lipinski definition) is 7. The van der Waals surface area contributed by atoms with E-state index in [1.54, 1.807) is 6.92 Å². The van der Waals surface area contributed by atoms with Gasteiger partial charge < -0.3 is 49.7 Å².